The van der Waals surface area contributed by atoms with E-state index in [0.717, 1.165) is 6.21 Å². The van der Waals surface area contributed by atoms with E-state index in [1.165, 1.54) is 19.1 Å². The number of nitrogens with zero attached hydrogens (tertiary/aromatic N) is 1. The van der Waals surface area contributed by atoms with Crippen LogP contribution in [0.1, 0.15) is 30.6 Å². The molecule has 0 aliphatic heterocycles. The third kappa shape index (κ3) is 6.59. The molecule has 2 amide bonds. The van der Waals surface area contributed by atoms with Crippen LogP contribution in [0.25, 0.3) is 0 Å². The predicted molar refractivity (Wildman–Crippen MR) is 91.0 cm³/mol. The summed E-state index contributed by atoms with van der Waals surface area (Å²) < 4.78 is 0. The Bertz CT molecular complexity index is 602. The Morgan fingerprint density at radius 1 is 1.12 bits per heavy atom. The number of anilines is 1. The molecule has 0 bridgehead atoms. The molecule has 9 nitrogen and oxygen atoms in total. The van der Waals surface area contributed by atoms with E-state index in [1.54, 1.807) is 19.1 Å². The van der Waals surface area contributed by atoms with Crippen molar-refractivity contribution in [3.8, 4) is 0 Å². The molecule has 0 fully saturated rings. The molecule has 25 heavy (non-hydrogen) atoms. The van der Waals surface area contributed by atoms with Gasteiger partial charge in [0, 0.05) is 17.7 Å². The Kier molecular flexibility index (Phi) is 8.16. The van der Waals surface area contributed by atoms with Crippen LogP contribution in [-0.2, 0) is 4.79 Å². The van der Waals surface area contributed by atoms with Crippen LogP contribution < -0.4 is 10.7 Å². The van der Waals surface area contributed by atoms with Gasteiger partial charge in [-0.1, -0.05) is 6.92 Å². The third-order valence-corrected chi connectivity index (χ3v) is 3.34. The molecule has 0 aliphatic rings. The van der Waals surface area contributed by atoms with Gasteiger partial charge in [0.05, 0.1) is 12.3 Å². The molecule has 0 radical (unpaired) electrons. The average Bonchev–Trinajstić information content (AvgIpc) is 2.60. The van der Waals surface area contributed by atoms with Crippen molar-refractivity contribution < 1.29 is 30.0 Å². The molecule has 1 rings (SSSR count). The van der Waals surface area contributed by atoms with Gasteiger partial charge in [0.15, 0.2) is 0 Å². The maximum Gasteiger partial charge on any atom is 0.271 e. The lowest BCUT2D eigenvalue weighted by Crippen LogP contribution is -2.44. The Balaban J connectivity index is 2.57. The molecule has 0 heterocycles. The summed E-state index contributed by atoms with van der Waals surface area (Å²) in [6.45, 7) is 2.98. The molecular formula is C16H23N3O6. The van der Waals surface area contributed by atoms with Crippen LogP contribution in [0, 0.1) is 0 Å². The lowest BCUT2D eigenvalue weighted by Gasteiger charge is -2.22. The van der Waals surface area contributed by atoms with Crippen LogP contribution >= 0.6 is 0 Å². The normalized spacial score (nSPS) is 16.1. The van der Waals surface area contributed by atoms with E-state index in [9.17, 15) is 24.9 Å². The molecule has 4 atom stereocenters. The average molecular weight is 353 g/mol. The molecule has 138 valence electrons. The summed E-state index contributed by atoms with van der Waals surface area (Å²) in [5.41, 5.74) is 2.97. The summed E-state index contributed by atoms with van der Waals surface area (Å²) in [5, 5.41) is 43.9. The molecule has 0 aliphatic carbocycles. The van der Waals surface area contributed by atoms with Crippen molar-refractivity contribution in [1.29, 1.82) is 0 Å². The highest BCUT2D eigenvalue weighted by atomic mass is 16.4. The molecule has 1 aromatic carbocycles. The van der Waals surface area contributed by atoms with E-state index in [2.05, 4.69) is 15.8 Å². The number of nitrogens with one attached hydrogen (secondary N) is 2. The van der Waals surface area contributed by atoms with Crippen molar-refractivity contribution in [3.05, 3.63) is 29.8 Å². The zero-order chi connectivity index (χ0) is 19.0. The third-order valence-electron chi connectivity index (χ3n) is 3.34. The van der Waals surface area contributed by atoms with Crippen LogP contribution in [0.4, 0.5) is 5.69 Å². The highest BCUT2D eigenvalue weighted by molar-refractivity contribution is 5.95. The number of aliphatic hydroxyl groups is 4. The predicted octanol–water partition coefficient (Wildman–Crippen LogP) is -0.786. The molecule has 0 aromatic heterocycles. The fourth-order valence-corrected chi connectivity index (χ4v) is 1.77. The lowest BCUT2D eigenvalue weighted by molar-refractivity contribution is -0.115. The minimum Gasteiger partial charge on any atom is -0.391 e. The number of hydrazone groups is 1. The van der Waals surface area contributed by atoms with Crippen LogP contribution in [0.2, 0.25) is 0 Å². The fourth-order valence-electron chi connectivity index (χ4n) is 1.77. The van der Waals surface area contributed by atoms with Gasteiger partial charge in [0.25, 0.3) is 5.91 Å². The summed E-state index contributed by atoms with van der Waals surface area (Å²) in [4.78, 5) is 23.1. The van der Waals surface area contributed by atoms with E-state index >= 15 is 0 Å². The topological polar surface area (TPSA) is 151 Å². The Labute approximate surface area is 145 Å². The zero-order valence-corrected chi connectivity index (χ0v) is 14.0. The Morgan fingerprint density at radius 3 is 2.24 bits per heavy atom. The van der Waals surface area contributed by atoms with Gasteiger partial charge in [-0.15, -0.1) is 0 Å². The molecule has 1 aromatic rings. The summed E-state index contributed by atoms with van der Waals surface area (Å²) >= 11 is 0. The number of carbonyl (C=O) groups is 2. The number of hydrogen-bond acceptors (Lipinski definition) is 7. The second-order valence-electron chi connectivity index (χ2n) is 5.41. The van der Waals surface area contributed by atoms with Gasteiger partial charge in [-0.25, -0.2) is 5.43 Å². The minimum absolute atomic E-state index is 0.145. The van der Waals surface area contributed by atoms with Crippen LogP contribution in [-0.4, -0.2) is 62.9 Å². The van der Waals surface area contributed by atoms with Gasteiger partial charge in [0.2, 0.25) is 5.91 Å². The number of carbonyl (C=O) groups excluding carboxylic acids is 2. The van der Waals surface area contributed by atoms with E-state index in [0.29, 0.717) is 12.1 Å². The number of benzene rings is 1. The van der Waals surface area contributed by atoms with Gasteiger partial charge in [-0.2, -0.15) is 5.10 Å². The molecule has 0 saturated carbocycles. The van der Waals surface area contributed by atoms with Crippen LogP contribution in [0.5, 0.6) is 0 Å². The van der Waals surface area contributed by atoms with E-state index in [-0.39, 0.29) is 11.5 Å². The Hall–Kier alpha value is -2.33. The van der Waals surface area contributed by atoms with Gasteiger partial charge >= 0.3 is 0 Å². The van der Waals surface area contributed by atoms with Crippen molar-refractivity contribution in [2.24, 2.45) is 5.10 Å². The highest BCUT2D eigenvalue weighted by Gasteiger charge is 2.27. The number of hydrogen-bond donors (Lipinski definition) is 6. The molecule has 0 saturated heterocycles. The summed E-state index contributed by atoms with van der Waals surface area (Å²) in [7, 11) is 0. The van der Waals surface area contributed by atoms with Gasteiger partial charge in [-0.3, -0.25) is 9.59 Å². The second-order valence-corrected chi connectivity index (χ2v) is 5.41. The van der Waals surface area contributed by atoms with Crippen molar-refractivity contribution in [3.63, 3.8) is 0 Å². The largest absolute Gasteiger partial charge is 0.391 e. The first-order valence-electron chi connectivity index (χ1n) is 7.72. The van der Waals surface area contributed by atoms with Crippen LogP contribution in [0.15, 0.2) is 29.4 Å². The SMILES string of the molecule is CCC(=O)Nc1ccc(C(=O)NN=CC(O)C(O)C(O)C(C)O)cc1. The first-order valence-corrected chi connectivity index (χ1v) is 7.72. The van der Waals surface area contributed by atoms with Crippen molar-refractivity contribution in [2.75, 3.05) is 5.32 Å². The summed E-state index contributed by atoms with van der Waals surface area (Å²) in [6, 6.07) is 6.09. The van der Waals surface area contributed by atoms with E-state index in [4.69, 9.17) is 5.11 Å². The summed E-state index contributed by atoms with van der Waals surface area (Å²) in [5.74, 6) is -0.712. The minimum atomic E-state index is -1.65. The lowest BCUT2D eigenvalue weighted by atomic mass is 10.1. The fraction of sp³-hybridized carbons (Fsp3) is 0.438. The van der Waals surface area contributed by atoms with E-state index in [1.807, 2.05) is 0 Å². The van der Waals surface area contributed by atoms with Crippen molar-refractivity contribution in [2.45, 2.75) is 44.7 Å². The van der Waals surface area contributed by atoms with E-state index < -0.39 is 30.3 Å². The zero-order valence-electron chi connectivity index (χ0n) is 14.0. The first-order chi connectivity index (χ1) is 11.8. The first kappa shape index (κ1) is 20.7. The smallest absolute Gasteiger partial charge is 0.271 e. The number of aliphatic hydroxyl groups excluding tert-OH is 4. The van der Waals surface area contributed by atoms with Crippen LogP contribution in [0.3, 0.4) is 0 Å². The standard InChI is InChI=1S/C16H23N3O6/c1-3-13(22)18-11-6-4-10(5-7-11)16(25)19-17-8-12(21)15(24)14(23)9(2)20/h4-9,12,14-15,20-21,23-24H,3H2,1-2H3,(H,18,22)(H,19,25). The van der Waals surface area contributed by atoms with Crippen molar-refractivity contribution >= 4 is 23.7 Å². The van der Waals surface area contributed by atoms with Gasteiger partial charge in [0.1, 0.15) is 18.3 Å². The van der Waals surface area contributed by atoms with Crippen molar-refractivity contribution in [1.82, 2.24) is 5.43 Å². The highest BCUT2D eigenvalue weighted by Crippen LogP contribution is 2.10. The quantitative estimate of drug-likeness (QED) is 0.266. The molecule has 9 heteroatoms. The number of amides is 2. The second kappa shape index (κ2) is 9.84. The molecule has 6 N–H and O–H groups in total. The monoisotopic (exact) mass is 353 g/mol. The van der Waals surface area contributed by atoms with Gasteiger partial charge < -0.3 is 25.7 Å². The molecular weight excluding hydrogens is 330 g/mol. The molecule has 0 spiro atoms. The Morgan fingerprint density at radius 2 is 1.72 bits per heavy atom. The maximum absolute atomic E-state index is 11.9. The molecule has 4 unspecified atom stereocenters. The number of rotatable bonds is 8. The van der Waals surface area contributed by atoms with Gasteiger partial charge in [-0.05, 0) is 31.2 Å². The maximum atomic E-state index is 11.9. The summed E-state index contributed by atoms with van der Waals surface area (Å²) in [6.07, 6.45) is -4.83.